The number of aryl methyl sites for hydroxylation is 1. The maximum absolute atomic E-state index is 13.3. The number of rotatable bonds is 10. The van der Waals surface area contributed by atoms with Crippen LogP contribution < -0.4 is 5.32 Å². The Bertz CT molecular complexity index is 1030. The summed E-state index contributed by atoms with van der Waals surface area (Å²) in [7, 11) is 0. The first-order valence-electron chi connectivity index (χ1n) is 11.2. The van der Waals surface area contributed by atoms with Gasteiger partial charge in [-0.25, -0.2) is 4.39 Å². The molecule has 0 aromatic heterocycles. The summed E-state index contributed by atoms with van der Waals surface area (Å²) in [5.41, 5.74) is 1.36. The van der Waals surface area contributed by atoms with Gasteiger partial charge in [-0.05, 0) is 66.6 Å². The molecule has 2 atom stereocenters. The van der Waals surface area contributed by atoms with Crippen molar-refractivity contribution in [3.8, 4) is 0 Å². The second-order valence-electron chi connectivity index (χ2n) is 8.26. The molecule has 0 saturated carbocycles. The lowest BCUT2D eigenvalue weighted by molar-refractivity contribution is -0.137. The Morgan fingerprint density at radius 3 is 2.12 bits per heavy atom. The molecule has 0 spiro atoms. The van der Waals surface area contributed by atoms with Crippen molar-refractivity contribution < 1.29 is 27.5 Å². The van der Waals surface area contributed by atoms with Crippen molar-refractivity contribution >= 4 is 5.91 Å². The minimum atomic E-state index is -4.44. The maximum Gasteiger partial charge on any atom is 0.416 e. The van der Waals surface area contributed by atoms with Crippen molar-refractivity contribution in [2.24, 2.45) is 0 Å². The highest BCUT2D eigenvalue weighted by molar-refractivity contribution is 5.76. The third-order valence-corrected chi connectivity index (χ3v) is 5.64. The Kier molecular flexibility index (Phi) is 8.82. The van der Waals surface area contributed by atoms with Gasteiger partial charge >= 0.3 is 6.18 Å². The van der Waals surface area contributed by atoms with Crippen LogP contribution in [0.3, 0.4) is 0 Å². The van der Waals surface area contributed by atoms with Crippen LogP contribution in [-0.4, -0.2) is 17.1 Å². The lowest BCUT2D eigenvalue weighted by Crippen LogP contribution is -2.41. The molecule has 0 radical (unpaired) electrons. The molecule has 3 aromatic rings. The first-order valence-corrected chi connectivity index (χ1v) is 11.2. The summed E-state index contributed by atoms with van der Waals surface area (Å²) >= 11 is 0. The van der Waals surface area contributed by atoms with Crippen molar-refractivity contribution in [2.75, 3.05) is 0 Å². The summed E-state index contributed by atoms with van der Waals surface area (Å²) in [5, 5.41) is 13.7. The van der Waals surface area contributed by atoms with Gasteiger partial charge in [-0.2, -0.15) is 13.2 Å². The van der Waals surface area contributed by atoms with E-state index >= 15 is 0 Å². The van der Waals surface area contributed by atoms with Crippen LogP contribution in [0.25, 0.3) is 0 Å². The molecule has 2 unspecified atom stereocenters. The lowest BCUT2D eigenvalue weighted by Gasteiger charge is -2.25. The van der Waals surface area contributed by atoms with Gasteiger partial charge in [0.1, 0.15) is 5.82 Å². The number of aliphatic hydroxyl groups is 1. The van der Waals surface area contributed by atoms with Crippen LogP contribution in [0.1, 0.15) is 47.6 Å². The topological polar surface area (TPSA) is 49.3 Å². The van der Waals surface area contributed by atoms with Crippen LogP contribution in [0.15, 0.2) is 78.9 Å². The average molecular weight is 474 g/mol. The fraction of sp³-hybridized carbons (Fsp3) is 0.296. The second kappa shape index (κ2) is 11.8. The Morgan fingerprint density at radius 2 is 1.50 bits per heavy atom. The van der Waals surface area contributed by atoms with E-state index in [0.717, 1.165) is 25.0 Å². The number of hydrogen-bond acceptors (Lipinski definition) is 2. The highest BCUT2D eigenvalue weighted by atomic mass is 19.4. The molecule has 0 aliphatic carbocycles. The van der Waals surface area contributed by atoms with Crippen LogP contribution in [0.5, 0.6) is 0 Å². The molecule has 0 bridgehead atoms. The average Bonchev–Trinajstić information content (AvgIpc) is 2.82. The minimum absolute atomic E-state index is 0.117. The van der Waals surface area contributed by atoms with Gasteiger partial charge in [0, 0.05) is 6.42 Å². The Hall–Kier alpha value is -3.19. The number of halogens is 4. The Labute approximate surface area is 196 Å². The Balaban J connectivity index is 1.64. The SMILES string of the molecule is O=C(CCCCc1ccccc1)NC(Cc1ccc(C(F)(F)F)cc1)C(O)c1ccc(F)cc1. The minimum Gasteiger partial charge on any atom is -0.386 e. The van der Waals surface area contributed by atoms with Crippen molar-refractivity contribution in [1.82, 2.24) is 5.32 Å². The van der Waals surface area contributed by atoms with E-state index in [2.05, 4.69) is 5.32 Å². The van der Waals surface area contributed by atoms with E-state index in [0.29, 0.717) is 17.5 Å². The van der Waals surface area contributed by atoms with Crippen LogP contribution in [0.4, 0.5) is 17.6 Å². The first-order chi connectivity index (χ1) is 16.2. The molecule has 34 heavy (non-hydrogen) atoms. The smallest absolute Gasteiger partial charge is 0.386 e. The van der Waals surface area contributed by atoms with Crippen molar-refractivity contribution in [2.45, 2.75) is 50.4 Å². The monoisotopic (exact) mass is 473 g/mol. The highest BCUT2D eigenvalue weighted by Crippen LogP contribution is 2.29. The molecular formula is C27H27F4NO2. The zero-order valence-electron chi connectivity index (χ0n) is 18.6. The predicted molar refractivity (Wildman–Crippen MR) is 122 cm³/mol. The fourth-order valence-corrected chi connectivity index (χ4v) is 3.76. The van der Waals surface area contributed by atoms with Gasteiger partial charge < -0.3 is 10.4 Å². The van der Waals surface area contributed by atoms with E-state index in [-0.39, 0.29) is 18.7 Å². The second-order valence-corrected chi connectivity index (χ2v) is 8.26. The van der Waals surface area contributed by atoms with Crippen molar-refractivity contribution in [3.05, 3.63) is 107 Å². The fourth-order valence-electron chi connectivity index (χ4n) is 3.76. The van der Waals surface area contributed by atoms with Gasteiger partial charge in [-0.1, -0.05) is 54.6 Å². The van der Waals surface area contributed by atoms with Crippen LogP contribution >= 0.6 is 0 Å². The first kappa shape index (κ1) is 25.4. The number of carbonyl (C=O) groups excluding carboxylic acids is 1. The summed E-state index contributed by atoms with van der Waals surface area (Å²) in [6, 6.07) is 19.0. The number of aliphatic hydroxyl groups excluding tert-OH is 1. The maximum atomic E-state index is 13.3. The number of amides is 1. The number of unbranched alkanes of at least 4 members (excludes halogenated alkanes) is 1. The zero-order valence-corrected chi connectivity index (χ0v) is 18.6. The lowest BCUT2D eigenvalue weighted by atomic mass is 9.95. The number of carbonyl (C=O) groups is 1. The third-order valence-electron chi connectivity index (χ3n) is 5.64. The van der Waals surface area contributed by atoms with E-state index in [4.69, 9.17) is 0 Å². The molecule has 3 nitrogen and oxygen atoms in total. The molecule has 2 N–H and O–H groups in total. The molecule has 3 rings (SSSR count). The van der Waals surface area contributed by atoms with Crippen molar-refractivity contribution in [3.63, 3.8) is 0 Å². The summed E-state index contributed by atoms with van der Waals surface area (Å²) in [6.07, 6.45) is -2.90. The van der Waals surface area contributed by atoms with Gasteiger partial charge in [0.25, 0.3) is 0 Å². The van der Waals surface area contributed by atoms with Crippen LogP contribution in [0, 0.1) is 5.82 Å². The molecule has 0 fully saturated rings. The van der Waals surface area contributed by atoms with Gasteiger partial charge in [0.2, 0.25) is 5.91 Å². The third kappa shape index (κ3) is 7.70. The molecule has 0 heterocycles. The molecule has 0 saturated heterocycles. The summed E-state index contributed by atoms with van der Waals surface area (Å²) in [6.45, 7) is 0. The summed E-state index contributed by atoms with van der Waals surface area (Å²) < 4.78 is 51.9. The summed E-state index contributed by atoms with van der Waals surface area (Å²) in [4.78, 5) is 12.6. The number of benzene rings is 3. The van der Waals surface area contributed by atoms with E-state index in [1.54, 1.807) is 0 Å². The molecule has 0 aliphatic rings. The highest BCUT2D eigenvalue weighted by Gasteiger charge is 2.30. The van der Waals surface area contributed by atoms with Crippen LogP contribution in [-0.2, 0) is 23.8 Å². The van der Waals surface area contributed by atoms with E-state index in [1.165, 1.54) is 42.0 Å². The quantitative estimate of drug-likeness (QED) is 0.280. The molecule has 3 aromatic carbocycles. The van der Waals surface area contributed by atoms with E-state index in [9.17, 15) is 27.5 Å². The number of hydrogen-bond donors (Lipinski definition) is 2. The van der Waals surface area contributed by atoms with E-state index < -0.39 is 29.7 Å². The molecule has 7 heteroatoms. The zero-order chi connectivity index (χ0) is 24.6. The van der Waals surface area contributed by atoms with Gasteiger partial charge in [-0.3, -0.25) is 4.79 Å². The summed E-state index contributed by atoms with van der Waals surface area (Å²) in [5.74, 6) is -0.719. The molecule has 180 valence electrons. The van der Waals surface area contributed by atoms with Gasteiger partial charge in [-0.15, -0.1) is 0 Å². The standard InChI is InChI=1S/C27H27F4NO2/c28-23-16-12-21(13-17-23)26(34)24(18-20-10-14-22(15-11-20)27(29,30)31)32-25(33)9-5-4-8-19-6-2-1-3-7-19/h1-3,6-7,10-17,24,26,34H,4-5,8-9,18H2,(H,32,33). The number of nitrogens with one attached hydrogen (secondary N) is 1. The van der Waals surface area contributed by atoms with Crippen molar-refractivity contribution in [1.29, 1.82) is 0 Å². The van der Waals surface area contributed by atoms with E-state index in [1.807, 2.05) is 30.3 Å². The molecule has 0 aliphatic heterocycles. The normalized spacial score (nSPS) is 13.3. The Morgan fingerprint density at radius 1 is 0.853 bits per heavy atom. The largest absolute Gasteiger partial charge is 0.416 e. The van der Waals surface area contributed by atoms with Crippen LogP contribution in [0.2, 0.25) is 0 Å². The molecule has 1 amide bonds. The van der Waals surface area contributed by atoms with Gasteiger partial charge in [0.15, 0.2) is 0 Å². The predicted octanol–water partition coefficient (Wildman–Crippen LogP) is 6.02. The number of alkyl halides is 3. The molecular weight excluding hydrogens is 446 g/mol. The van der Waals surface area contributed by atoms with Gasteiger partial charge in [0.05, 0.1) is 17.7 Å².